The van der Waals surface area contributed by atoms with E-state index in [0.717, 1.165) is 0 Å². The van der Waals surface area contributed by atoms with E-state index in [4.69, 9.17) is 5.73 Å². The molecule has 0 aromatic rings. The summed E-state index contributed by atoms with van der Waals surface area (Å²) < 4.78 is 0. The van der Waals surface area contributed by atoms with Crippen LogP contribution in [0, 0.1) is 5.92 Å². The molecule has 0 heterocycles. The fraction of sp³-hybridized carbons (Fsp3) is 1.00. The second-order valence-electron chi connectivity index (χ2n) is 2.10. The Balaban J connectivity index is 0. The minimum atomic E-state index is 0. The molecule has 2 N–H and O–H groups in total. The van der Waals surface area contributed by atoms with Gasteiger partial charge in [-0.1, -0.05) is 13.8 Å². The molecule has 0 saturated heterocycles. The van der Waals surface area contributed by atoms with Crippen LogP contribution in [-0.4, -0.2) is 6.04 Å². The van der Waals surface area contributed by atoms with Crippen molar-refractivity contribution in [2.45, 2.75) is 26.8 Å². The summed E-state index contributed by atoms with van der Waals surface area (Å²) in [5.41, 5.74) is 5.44. The van der Waals surface area contributed by atoms with E-state index in [1.54, 1.807) is 0 Å². The first kappa shape index (κ1) is 10.5. The van der Waals surface area contributed by atoms with Crippen molar-refractivity contribution in [3.05, 3.63) is 0 Å². The Morgan fingerprint density at radius 1 is 1.14 bits per heavy atom. The van der Waals surface area contributed by atoms with Gasteiger partial charge in [-0.15, -0.1) is 0 Å². The van der Waals surface area contributed by atoms with E-state index >= 15 is 0 Å². The maximum absolute atomic E-state index is 5.44. The number of rotatable bonds is 1. The van der Waals surface area contributed by atoms with Gasteiger partial charge in [0.1, 0.15) is 0 Å². The molecule has 1 unspecified atom stereocenters. The third kappa shape index (κ3) is 6.54. The van der Waals surface area contributed by atoms with Crippen LogP contribution in [0.4, 0.5) is 0 Å². The molecule has 0 rings (SSSR count). The van der Waals surface area contributed by atoms with Gasteiger partial charge in [0.25, 0.3) is 0 Å². The Bertz CT molecular complexity index is 29.1. The minimum Gasteiger partial charge on any atom is -0.328 e. The van der Waals surface area contributed by atoms with Crippen LogP contribution >= 0.6 is 0 Å². The van der Waals surface area contributed by atoms with Crippen molar-refractivity contribution >= 4 is 0 Å². The number of nitrogens with two attached hydrogens (primary N) is 1. The van der Waals surface area contributed by atoms with Crippen LogP contribution in [-0.2, 0) is 18.6 Å². The van der Waals surface area contributed by atoms with E-state index in [9.17, 15) is 0 Å². The summed E-state index contributed by atoms with van der Waals surface area (Å²) in [5, 5.41) is 0. The molecule has 0 aliphatic heterocycles. The molecule has 0 aromatic carbocycles. The van der Waals surface area contributed by atoms with Crippen LogP contribution in [0.5, 0.6) is 0 Å². The average molecular weight is 138 g/mol. The van der Waals surface area contributed by atoms with Crippen LogP contribution in [0.3, 0.4) is 0 Å². The maximum Gasteiger partial charge on any atom is 0.00334 e. The normalized spacial score (nSPS) is 13.3. The van der Waals surface area contributed by atoms with Gasteiger partial charge in [0.2, 0.25) is 0 Å². The van der Waals surface area contributed by atoms with Gasteiger partial charge >= 0.3 is 0 Å². The molecule has 0 aliphatic rings. The SMILES string of the molecule is CC(C)C(C)N.[V]. The standard InChI is InChI=1S/C5H13N.V/c1-4(2)5(3)6;/h4-5H,6H2,1-3H3;. The van der Waals surface area contributed by atoms with Crippen molar-refractivity contribution in [1.82, 2.24) is 0 Å². The predicted octanol–water partition coefficient (Wildman–Crippen LogP) is 0.987. The Hall–Kier alpha value is 0.544. The molecule has 1 atom stereocenters. The first-order valence-corrected chi connectivity index (χ1v) is 2.40. The molecule has 1 radical (unpaired) electrons. The second-order valence-corrected chi connectivity index (χ2v) is 2.10. The molecule has 2 heteroatoms. The van der Waals surface area contributed by atoms with Crippen LogP contribution in [0.15, 0.2) is 0 Å². The molecular weight excluding hydrogens is 125 g/mol. The second kappa shape index (κ2) is 4.70. The fourth-order valence-electron chi connectivity index (χ4n) is 0. The monoisotopic (exact) mass is 138 g/mol. The Morgan fingerprint density at radius 3 is 1.29 bits per heavy atom. The van der Waals surface area contributed by atoms with Crippen LogP contribution in [0.1, 0.15) is 20.8 Å². The third-order valence-electron chi connectivity index (χ3n) is 1.05. The van der Waals surface area contributed by atoms with Gasteiger partial charge in [-0.25, -0.2) is 0 Å². The summed E-state index contributed by atoms with van der Waals surface area (Å²) in [6, 6.07) is 0.352. The first-order chi connectivity index (χ1) is 2.64. The summed E-state index contributed by atoms with van der Waals surface area (Å²) in [4.78, 5) is 0. The largest absolute Gasteiger partial charge is 0.328 e. The zero-order valence-corrected chi connectivity index (χ0v) is 6.58. The molecule has 0 spiro atoms. The van der Waals surface area contributed by atoms with Gasteiger partial charge in [0.05, 0.1) is 0 Å². The third-order valence-corrected chi connectivity index (χ3v) is 1.05. The molecule has 0 fully saturated rings. The molecule has 0 aliphatic carbocycles. The van der Waals surface area contributed by atoms with E-state index in [1.165, 1.54) is 0 Å². The zero-order valence-electron chi connectivity index (χ0n) is 5.18. The molecule has 7 heavy (non-hydrogen) atoms. The molecule has 1 nitrogen and oxygen atoms in total. The van der Waals surface area contributed by atoms with Crippen molar-refractivity contribution in [3.8, 4) is 0 Å². The van der Waals surface area contributed by atoms with Crippen LogP contribution < -0.4 is 5.73 Å². The van der Waals surface area contributed by atoms with Gasteiger partial charge in [0, 0.05) is 24.6 Å². The summed E-state index contributed by atoms with van der Waals surface area (Å²) in [6.07, 6.45) is 0. The molecule has 0 bridgehead atoms. The quantitative estimate of drug-likeness (QED) is 0.574. The summed E-state index contributed by atoms with van der Waals surface area (Å²) in [6.45, 7) is 6.25. The number of hydrogen-bond acceptors (Lipinski definition) is 1. The average Bonchev–Trinajstić information content (AvgIpc) is 1.36. The van der Waals surface area contributed by atoms with Gasteiger partial charge in [-0.05, 0) is 12.8 Å². The Kier molecular flexibility index (Phi) is 7.05. The van der Waals surface area contributed by atoms with Gasteiger partial charge < -0.3 is 5.73 Å². The molecule has 43 valence electrons. The maximum atomic E-state index is 5.44. The smallest absolute Gasteiger partial charge is 0.00334 e. The van der Waals surface area contributed by atoms with Crippen molar-refractivity contribution in [3.63, 3.8) is 0 Å². The van der Waals surface area contributed by atoms with Crippen LogP contribution in [0.2, 0.25) is 0 Å². The molecular formula is C5H13NV. The molecule has 0 saturated carbocycles. The minimum absolute atomic E-state index is 0. The summed E-state index contributed by atoms with van der Waals surface area (Å²) in [5.74, 6) is 0.630. The summed E-state index contributed by atoms with van der Waals surface area (Å²) >= 11 is 0. The van der Waals surface area contributed by atoms with Crippen molar-refractivity contribution < 1.29 is 18.6 Å². The fourth-order valence-corrected chi connectivity index (χ4v) is 0. The van der Waals surface area contributed by atoms with Crippen molar-refractivity contribution in [1.29, 1.82) is 0 Å². The Morgan fingerprint density at radius 2 is 1.29 bits per heavy atom. The van der Waals surface area contributed by atoms with Gasteiger partial charge in [-0.3, -0.25) is 0 Å². The predicted molar refractivity (Wildman–Crippen MR) is 28.5 cm³/mol. The van der Waals surface area contributed by atoms with E-state index in [2.05, 4.69) is 13.8 Å². The Labute approximate surface area is 57.5 Å². The summed E-state index contributed by atoms with van der Waals surface area (Å²) in [7, 11) is 0. The van der Waals surface area contributed by atoms with E-state index in [0.29, 0.717) is 12.0 Å². The topological polar surface area (TPSA) is 26.0 Å². The van der Waals surface area contributed by atoms with E-state index in [-0.39, 0.29) is 18.6 Å². The molecule has 0 amide bonds. The van der Waals surface area contributed by atoms with Crippen molar-refractivity contribution in [2.24, 2.45) is 11.7 Å². The number of hydrogen-bond donors (Lipinski definition) is 1. The van der Waals surface area contributed by atoms with Gasteiger partial charge in [0.15, 0.2) is 0 Å². The van der Waals surface area contributed by atoms with Crippen LogP contribution in [0.25, 0.3) is 0 Å². The van der Waals surface area contributed by atoms with E-state index in [1.807, 2.05) is 6.92 Å². The molecule has 0 aromatic heterocycles. The van der Waals surface area contributed by atoms with Crippen molar-refractivity contribution in [2.75, 3.05) is 0 Å². The van der Waals surface area contributed by atoms with Gasteiger partial charge in [-0.2, -0.15) is 0 Å². The zero-order chi connectivity index (χ0) is 5.15. The van der Waals surface area contributed by atoms with E-state index < -0.39 is 0 Å². The first-order valence-electron chi connectivity index (χ1n) is 2.40.